The smallest absolute Gasteiger partial charge is 0.303 e. The molecule has 0 atom stereocenters. The van der Waals surface area contributed by atoms with Crippen molar-refractivity contribution in [2.45, 2.75) is 45.1 Å². The van der Waals surface area contributed by atoms with Crippen molar-refractivity contribution in [3.8, 4) is 23.0 Å². The van der Waals surface area contributed by atoms with E-state index in [1.54, 1.807) is 7.11 Å². The molecule has 26 heavy (non-hydrogen) atoms. The number of hydrogen-bond acceptors (Lipinski definition) is 3. The molecule has 0 spiro atoms. The first-order valence-electron chi connectivity index (χ1n) is 8.80. The molecule has 1 heterocycles. The van der Waals surface area contributed by atoms with Crippen LogP contribution in [0.25, 0.3) is 11.1 Å². The minimum absolute atomic E-state index is 0.0537. The summed E-state index contributed by atoms with van der Waals surface area (Å²) in [5.41, 5.74) is 5.62. The normalized spacial score (nSPS) is 14.4. The van der Waals surface area contributed by atoms with Crippen molar-refractivity contribution in [1.82, 2.24) is 4.98 Å². The highest BCUT2D eigenvalue weighted by atomic mass is 16.5. The number of aromatic nitrogens is 1. The molecule has 0 aliphatic heterocycles. The first kappa shape index (κ1) is 18.2. The fraction of sp³-hybridized carbons (Fsp3) is 0.364. The predicted octanol–water partition coefficient (Wildman–Crippen LogP) is 3.91. The number of carbonyl (C=O) groups is 1. The summed E-state index contributed by atoms with van der Waals surface area (Å²) in [6.45, 7) is 4.16. The van der Waals surface area contributed by atoms with Gasteiger partial charge in [-0.15, -0.1) is 0 Å². The van der Waals surface area contributed by atoms with Crippen LogP contribution in [0.5, 0.6) is 0 Å². The lowest BCUT2D eigenvalue weighted by molar-refractivity contribution is -0.136. The van der Waals surface area contributed by atoms with Crippen LogP contribution in [0.2, 0.25) is 0 Å². The molecular formula is C22H23NO3. The largest absolute Gasteiger partial charge is 0.481 e. The Morgan fingerprint density at radius 1 is 1.27 bits per heavy atom. The van der Waals surface area contributed by atoms with Gasteiger partial charge in [-0.3, -0.25) is 4.79 Å². The summed E-state index contributed by atoms with van der Waals surface area (Å²) in [4.78, 5) is 15.5. The van der Waals surface area contributed by atoms with Crippen molar-refractivity contribution in [3.63, 3.8) is 0 Å². The molecule has 1 aromatic carbocycles. The molecule has 1 aromatic heterocycles. The van der Waals surface area contributed by atoms with E-state index in [0.717, 1.165) is 29.7 Å². The van der Waals surface area contributed by atoms with Gasteiger partial charge in [0.15, 0.2) is 0 Å². The van der Waals surface area contributed by atoms with Gasteiger partial charge >= 0.3 is 5.97 Å². The van der Waals surface area contributed by atoms with Crippen LogP contribution in [-0.2, 0) is 16.0 Å². The summed E-state index contributed by atoms with van der Waals surface area (Å²) >= 11 is 0. The number of carboxylic acids is 1. The Bertz CT molecular complexity index is 881. The Morgan fingerprint density at radius 2 is 1.96 bits per heavy atom. The molecule has 4 nitrogen and oxygen atoms in total. The Morgan fingerprint density at radius 3 is 2.54 bits per heavy atom. The highest BCUT2D eigenvalue weighted by molar-refractivity contribution is 5.72. The lowest BCUT2D eigenvalue weighted by Crippen LogP contribution is -2.07. The Labute approximate surface area is 154 Å². The van der Waals surface area contributed by atoms with E-state index in [1.807, 2.05) is 18.2 Å². The second kappa shape index (κ2) is 7.31. The predicted molar refractivity (Wildman–Crippen MR) is 101 cm³/mol. The fourth-order valence-corrected chi connectivity index (χ4v) is 3.10. The third-order valence-electron chi connectivity index (χ3n) is 4.76. The standard InChI is InChI=1S/C22H23NO3/c1-15-5-4-6-16(2)21(15)17-13-18(7-8-20(24)25)23-19(14-17)9-10-22(26-3)11-12-22/h4-6,13-14H,7-8,11-12H2,1-3H3,(H,24,25). The van der Waals surface area contributed by atoms with Gasteiger partial charge in [0.2, 0.25) is 0 Å². The molecule has 4 heteroatoms. The van der Waals surface area contributed by atoms with Crippen LogP contribution in [0.1, 0.15) is 41.8 Å². The van der Waals surface area contributed by atoms with Crippen LogP contribution in [0.4, 0.5) is 0 Å². The van der Waals surface area contributed by atoms with E-state index in [0.29, 0.717) is 12.1 Å². The highest BCUT2D eigenvalue weighted by Crippen LogP contribution is 2.38. The lowest BCUT2D eigenvalue weighted by Gasteiger charge is -2.12. The van der Waals surface area contributed by atoms with Gasteiger partial charge < -0.3 is 9.84 Å². The van der Waals surface area contributed by atoms with Crippen molar-refractivity contribution in [1.29, 1.82) is 0 Å². The molecule has 0 saturated heterocycles. The van der Waals surface area contributed by atoms with Crippen LogP contribution in [-0.4, -0.2) is 28.8 Å². The summed E-state index contributed by atoms with van der Waals surface area (Å²) in [6.07, 6.45) is 2.33. The van der Waals surface area contributed by atoms with Gasteiger partial charge in [-0.2, -0.15) is 0 Å². The maximum absolute atomic E-state index is 11.0. The van der Waals surface area contributed by atoms with Crippen LogP contribution in [0, 0.1) is 25.7 Å². The Kier molecular flexibility index (Phi) is 5.11. The van der Waals surface area contributed by atoms with Crippen LogP contribution < -0.4 is 0 Å². The monoisotopic (exact) mass is 349 g/mol. The molecule has 1 fully saturated rings. The average molecular weight is 349 g/mol. The van der Waals surface area contributed by atoms with E-state index in [4.69, 9.17) is 9.84 Å². The van der Waals surface area contributed by atoms with Gasteiger partial charge in [0.05, 0.1) is 6.42 Å². The molecule has 3 rings (SSSR count). The molecule has 0 unspecified atom stereocenters. The van der Waals surface area contributed by atoms with Crippen molar-refractivity contribution >= 4 is 5.97 Å². The molecule has 1 N–H and O–H groups in total. The molecule has 2 aromatic rings. The summed E-state index contributed by atoms with van der Waals surface area (Å²) in [7, 11) is 1.68. The number of aryl methyl sites for hydroxylation is 3. The Hall–Kier alpha value is -2.64. The molecule has 1 aliphatic carbocycles. The fourth-order valence-electron chi connectivity index (χ4n) is 3.10. The maximum Gasteiger partial charge on any atom is 0.303 e. The number of nitrogens with zero attached hydrogens (tertiary/aromatic N) is 1. The number of methoxy groups -OCH3 is 1. The number of pyridine rings is 1. The van der Waals surface area contributed by atoms with Crippen molar-refractivity contribution in [2.24, 2.45) is 0 Å². The number of aliphatic carboxylic acids is 1. The molecule has 0 radical (unpaired) electrons. The maximum atomic E-state index is 11.0. The number of ether oxygens (including phenoxy) is 1. The molecule has 134 valence electrons. The molecule has 0 amide bonds. The van der Waals surface area contributed by atoms with Crippen LogP contribution in [0.3, 0.4) is 0 Å². The van der Waals surface area contributed by atoms with Crippen molar-refractivity contribution in [2.75, 3.05) is 7.11 Å². The minimum Gasteiger partial charge on any atom is -0.481 e. The highest BCUT2D eigenvalue weighted by Gasteiger charge is 2.41. The third-order valence-corrected chi connectivity index (χ3v) is 4.76. The van der Waals surface area contributed by atoms with Gasteiger partial charge in [-0.25, -0.2) is 4.98 Å². The molecule has 1 aliphatic rings. The van der Waals surface area contributed by atoms with Gasteiger partial charge in [0.25, 0.3) is 0 Å². The van der Waals surface area contributed by atoms with Crippen LogP contribution in [0.15, 0.2) is 30.3 Å². The minimum atomic E-state index is -0.826. The summed E-state index contributed by atoms with van der Waals surface area (Å²) in [5.74, 6) is 5.50. The van der Waals surface area contributed by atoms with E-state index in [1.165, 1.54) is 11.1 Å². The summed E-state index contributed by atoms with van der Waals surface area (Å²) < 4.78 is 5.45. The first-order valence-corrected chi connectivity index (χ1v) is 8.80. The van der Waals surface area contributed by atoms with Crippen LogP contribution >= 0.6 is 0 Å². The Balaban J connectivity index is 2.04. The summed E-state index contributed by atoms with van der Waals surface area (Å²) in [5, 5.41) is 9.00. The van der Waals surface area contributed by atoms with E-state index >= 15 is 0 Å². The zero-order chi connectivity index (χ0) is 18.7. The van der Waals surface area contributed by atoms with Crippen molar-refractivity contribution < 1.29 is 14.6 Å². The number of benzene rings is 1. The van der Waals surface area contributed by atoms with Crippen molar-refractivity contribution in [3.05, 3.63) is 52.8 Å². The average Bonchev–Trinajstić information content (AvgIpc) is 3.39. The number of carboxylic acid groups (broad SMARTS) is 1. The zero-order valence-corrected chi connectivity index (χ0v) is 15.4. The SMILES string of the molecule is COC1(C#Cc2cc(-c3c(C)cccc3C)cc(CCC(=O)O)n2)CC1. The third kappa shape index (κ3) is 4.12. The van der Waals surface area contributed by atoms with E-state index in [9.17, 15) is 4.79 Å². The van der Waals surface area contributed by atoms with E-state index in [2.05, 4.69) is 42.8 Å². The first-order chi connectivity index (χ1) is 12.4. The van der Waals surface area contributed by atoms with Gasteiger partial charge in [-0.1, -0.05) is 24.1 Å². The number of hydrogen-bond donors (Lipinski definition) is 1. The van der Waals surface area contributed by atoms with Gasteiger partial charge in [0.1, 0.15) is 11.3 Å². The second-order valence-corrected chi connectivity index (χ2v) is 6.84. The topological polar surface area (TPSA) is 59.4 Å². The number of rotatable bonds is 5. The van der Waals surface area contributed by atoms with E-state index < -0.39 is 5.97 Å². The quantitative estimate of drug-likeness (QED) is 0.832. The van der Waals surface area contributed by atoms with Gasteiger partial charge in [-0.05, 0) is 67.0 Å². The lowest BCUT2D eigenvalue weighted by atomic mass is 9.95. The summed E-state index contributed by atoms with van der Waals surface area (Å²) in [6, 6.07) is 10.2. The van der Waals surface area contributed by atoms with Gasteiger partial charge in [0, 0.05) is 19.2 Å². The zero-order valence-electron chi connectivity index (χ0n) is 15.4. The second-order valence-electron chi connectivity index (χ2n) is 6.84. The molecule has 1 saturated carbocycles. The molecule has 0 bridgehead atoms. The molecular weight excluding hydrogens is 326 g/mol. The van der Waals surface area contributed by atoms with E-state index in [-0.39, 0.29) is 12.0 Å².